The molecule has 8 aromatic rings. The number of hydrogen-bond acceptors (Lipinski definition) is 2. The van der Waals surface area contributed by atoms with Crippen molar-refractivity contribution in [3.05, 3.63) is 188 Å². The molecule has 48 heavy (non-hydrogen) atoms. The molecule has 0 spiro atoms. The van der Waals surface area contributed by atoms with E-state index in [0.717, 1.165) is 50.8 Å². The lowest BCUT2D eigenvalue weighted by atomic mass is 9.88. The molecule has 8 aromatic carbocycles. The topological polar surface area (TPSA) is 12.5 Å². The Labute approximate surface area is 280 Å². The molecule has 2 nitrogen and oxygen atoms in total. The van der Waals surface area contributed by atoms with Crippen molar-refractivity contribution in [2.45, 2.75) is 0 Å². The minimum absolute atomic E-state index is 0.860. The van der Waals surface area contributed by atoms with E-state index in [4.69, 9.17) is 4.74 Å². The third kappa shape index (κ3) is 4.83. The molecule has 0 aliphatic carbocycles. The molecule has 0 radical (unpaired) electrons. The molecule has 226 valence electrons. The first kappa shape index (κ1) is 27.9. The molecule has 0 fully saturated rings. The molecule has 2 heteroatoms. The first-order valence-electron chi connectivity index (χ1n) is 16.4. The first-order valence-corrected chi connectivity index (χ1v) is 16.4. The van der Waals surface area contributed by atoms with E-state index in [1.165, 1.54) is 33.0 Å². The standard InChI is InChI=1S/C46H31NO/c1-3-12-32(13-4-1)34-22-26-36(27-23-34)47(37-28-24-35(25-29-37)33-14-5-2-6-15-33)43-31-30-41-39-17-8-10-21-45(39)48-44-20-9-7-16-38(44)40-18-11-19-42(43)46(40)41/h1-31H. The quantitative estimate of drug-likeness (QED) is 0.191. The maximum absolute atomic E-state index is 6.57. The fraction of sp³-hybridized carbons (Fsp3) is 0. The van der Waals surface area contributed by atoms with E-state index in [9.17, 15) is 0 Å². The average molecular weight is 614 g/mol. The smallest absolute Gasteiger partial charge is 0.135 e. The van der Waals surface area contributed by atoms with Crippen molar-refractivity contribution in [2.75, 3.05) is 4.90 Å². The summed E-state index contributed by atoms with van der Waals surface area (Å²) < 4.78 is 6.57. The lowest BCUT2D eigenvalue weighted by molar-refractivity contribution is 0.486. The van der Waals surface area contributed by atoms with Crippen molar-refractivity contribution in [1.82, 2.24) is 0 Å². The molecular formula is C46H31NO. The molecule has 0 unspecified atom stereocenters. The minimum atomic E-state index is 0.860. The highest BCUT2D eigenvalue weighted by Gasteiger charge is 2.24. The Hall–Kier alpha value is -6.38. The normalized spacial score (nSPS) is 11.5. The highest BCUT2D eigenvalue weighted by Crippen LogP contribution is 2.50. The van der Waals surface area contributed by atoms with Gasteiger partial charge in [-0.15, -0.1) is 0 Å². The van der Waals surface area contributed by atoms with E-state index >= 15 is 0 Å². The van der Waals surface area contributed by atoms with Crippen LogP contribution in [0.3, 0.4) is 0 Å². The third-order valence-corrected chi connectivity index (χ3v) is 9.30. The number of hydrogen-bond donors (Lipinski definition) is 0. The van der Waals surface area contributed by atoms with Gasteiger partial charge in [0.15, 0.2) is 0 Å². The molecule has 1 aliphatic rings. The van der Waals surface area contributed by atoms with Crippen LogP contribution in [0.15, 0.2) is 188 Å². The minimum Gasteiger partial charge on any atom is -0.456 e. The second kappa shape index (κ2) is 11.8. The molecular weight excluding hydrogens is 583 g/mol. The lowest BCUT2D eigenvalue weighted by Crippen LogP contribution is -2.11. The van der Waals surface area contributed by atoms with Crippen molar-refractivity contribution >= 4 is 27.8 Å². The Bertz CT molecular complexity index is 2260. The van der Waals surface area contributed by atoms with Crippen LogP contribution in [-0.4, -0.2) is 0 Å². The summed E-state index contributed by atoms with van der Waals surface area (Å²) in [5.74, 6) is 1.72. The summed E-state index contributed by atoms with van der Waals surface area (Å²) in [4.78, 5) is 2.39. The van der Waals surface area contributed by atoms with Crippen LogP contribution in [-0.2, 0) is 0 Å². The van der Waals surface area contributed by atoms with Gasteiger partial charge in [0, 0.05) is 27.9 Å². The van der Waals surface area contributed by atoms with Gasteiger partial charge in [0.1, 0.15) is 11.5 Å². The number of anilines is 3. The van der Waals surface area contributed by atoms with E-state index in [0.29, 0.717) is 0 Å². The van der Waals surface area contributed by atoms with E-state index < -0.39 is 0 Å². The molecule has 1 heterocycles. The SMILES string of the molecule is c1ccc(-c2ccc(N(c3ccc(-c4ccccc4)cc3)c3ccc4c5c(cccc35)-c3ccccc3Oc3ccccc3-4)cc2)cc1. The number of ether oxygens (including phenoxy) is 1. The molecule has 1 aliphatic heterocycles. The number of fused-ring (bicyclic) bond motifs is 4. The molecule has 9 rings (SSSR count). The summed E-state index contributed by atoms with van der Waals surface area (Å²) in [5.41, 5.74) is 12.6. The van der Waals surface area contributed by atoms with Gasteiger partial charge in [-0.3, -0.25) is 0 Å². The highest BCUT2D eigenvalue weighted by molar-refractivity contribution is 6.14. The first-order chi connectivity index (χ1) is 23.8. The van der Waals surface area contributed by atoms with Gasteiger partial charge in [-0.25, -0.2) is 0 Å². The van der Waals surface area contributed by atoms with E-state index in [-0.39, 0.29) is 0 Å². The van der Waals surface area contributed by atoms with E-state index in [1.807, 2.05) is 12.1 Å². The fourth-order valence-corrected chi connectivity index (χ4v) is 7.00. The largest absolute Gasteiger partial charge is 0.456 e. The Morgan fingerprint density at radius 1 is 0.312 bits per heavy atom. The van der Waals surface area contributed by atoms with Gasteiger partial charge in [-0.2, -0.15) is 0 Å². The Morgan fingerprint density at radius 2 is 0.750 bits per heavy atom. The monoisotopic (exact) mass is 613 g/mol. The molecule has 0 amide bonds. The van der Waals surface area contributed by atoms with Gasteiger partial charge in [0.05, 0.1) is 5.69 Å². The summed E-state index contributed by atoms with van der Waals surface area (Å²) in [6, 6.07) is 66.8. The highest BCUT2D eigenvalue weighted by atomic mass is 16.5. The van der Waals surface area contributed by atoms with Crippen LogP contribution in [0, 0.1) is 0 Å². The van der Waals surface area contributed by atoms with Crippen LogP contribution < -0.4 is 9.64 Å². The predicted molar refractivity (Wildman–Crippen MR) is 200 cm³/mol. The van der Waals surface area contributed by atoms with E-state index in [1.54, 1.807) is 0 Å². The number of rotatable bonds is 5. The summed E-state index contributed by atoms with van der Waals surface area (Å²) in [5, 5.41) is 2.39. The van der Waals surface area contributed by atoms with E-state index in [2.05, 4.69) is 181 Å². The average Bonchev–Trinajstić information content (AvgIpc) is 3.16. The maximum Gasteiger partial charge on any atom is 0.135 e. The maximum atomic E-state index is 6.57. The van der Waals surface area contributed by atoms with Gasteiger partial charge < -0.3 is 9.64 Å². The van der Waals surface area contributed by atoms with Crippen LogP contribution in [0.2, 0.25) is 0 Å². The van der Waals surface area contributed by atoms with Crippen molar-refractivity contribution in [3.8, 4) is 56.0 Å². The van der Waals surface area contributed by atoms with Crippen molar-refractivity contribution in [3.63, 3.8) is 0 Å². The van der Waals surface area contributed by atoms with Crippen LogP contribution >= 0.6 is 0 Å². The second-order valence-corrected chi connectivity index (χ2v) is 12.1. The molecule has 0 saturated carbocycles. The van der Waals surface area contributed by atoms with Gasteiger partial charge in [0.2, 0.25) is 0 Å². The van der Waals surface area contributed by atoms with Crippen LogP contribution in [0.4, 0.5) is 17.1 Å². The molecule has 0 N–H and O–H groups in total. The molecule has 0 aromatic heterocycles. The Kier molecular flexibility index (Phi) is 6.84. The Morgan fingerprint density at radius 3 is 1.29 bits per heavy atom. The lowest BCUT2D eigenvalue weighted by Gasteiger charge is -2.29. The predicted octanol–water partition coefficient (Wildman–Crippen LogP) is 13.1. The summed E-state index contributed by atoms with van der Waals surface area (Å²) >= 11 is 0. The number of para-hydroxylation sites is 2. The fourth-order valence-electron chi connectivity index (χ4n) is 7.00. The van der Waals surface area contributed by atoms with Gasteiger partial charge in [-0.05, 0) is 81.2 Å². The van der Waals surface area contributed by atoms with Crippen molar-refractivity contribution in [1.29, 1.82) is 0 Å². The zero-order valence-electron chi connectivity index (χ0n) is 26.3. The van der Waals surface area contributed by atoms with Gasteiger partial charge in [-0.1, -0.05) is 146 Å². The number of benzene rings is 8. The van der Waals surface area contributed by atoms with Crippen LogP contribution in [0.5, 0.6) is 11.5 Å². The van der Waals surface area contributed by atoms with Gasteiger partial charge in [0.25, 0.3) is 0 Å². The molecule has 0 atom stereocenters. The molecule has 0 bridgehead atoms. The summed E-state index contributed by atoms with van der Waals surface area (Å²) in [6.45, 7) is 0. The summed E-state index contributed by atoms with van der Waals surface area (Å²) in [6.07, 6.45) is 0. The third-order valence-electron chi connectivity index (χ3n) is 9.30. The number of nitrogens with zero attached hydrogens (tertiary/aromatic N) is 1. The summed E-state index contributed by atoms with van der Waals surface area (Å²) in [7, 11) is 0. The Balaban J connectivity index is 1.28. The van der Waals surface area contributed by atoms with Crippen LogP contribution in [0.1, 0.15) is 0 Å². The second-order valence-electron chi connectivity index (χ2n) is 12.1. The molecule has 0 saturated heterocycles. The van der Waals surface area contributed by atoms with Crippen molar-refractivity contribution < 1.29 is 4.74 Å². The van der Waals surface area contributed by atoms with Crippen LogP contribution in [0.25, 0.3) is 55.3 Å². The zero-order chi connectivity index (χ0) is 31.9. The zero-order valence-corrected chi connectivity index (χ0v) is 26.3. The van der Waals surface area contributed by atoms with Gasteiger partial charge >= 0.3 is 0 Å². The van der Waals surface area contributed by atoms with Crippen molar-refractivity contribution in [2.24, 2.45) is 0 Å².